The number of hydrogen-bond donors (Lipinski definition) is 1. The minimum absolute atomic E-state index is 0.339. The number of guanidine groups is 1. The van der Waals surface area contributed by atoms with E-state index in [0.29, 0.717) is 29.9 Å². The van der Waals surface area contributed by atoms with Crippen molar-refractivity contribution in [1.82, 2.24) is 14.5 Å². The van der Waals surface area contributed by atoms with E-state index in [9.17, 15) is 8.42 Å². The second-order valence-corrected chi connectivity index (χ2v) is 8.08. The molecule has 0 bridgehead atoms. The minimum Gasteiger partial charge on any atom is -0.339 e. The van der Waals surface area contributed by atoms with Crippen LogP contribution in [0.2, 0.25) is 0 Å². The van der Waals surface area contributed by atoms with Crippen LogP contribution in [0.4, 0.5) is 0 Å². The van der Waals surface area contributed by atoms with Crippen LogP contribution in [0.15, 0.2) is 34.2 Å². The summed E-state index contributed by atoms with van der Waals surface area (Å²) in [6, 6.07) is 7.21. The highest BCUT2D eigenvalue weighted by Gasteiger charge is 2.34. The van der Waals surface area contributed by atoms with Gasteiger partial charge in [0.1, 0.15) is 0 Å². The Balaban J connectivity index is 1.85. The van der Waals surface area contributed by atoms with E-state index in [4.69, 9.17) is 0 Å². The van der Waals surface area contributed by atoms with Crippen molar-refractivity contribution in [3.8, 4) is 0 Å². The van der Waals surface area contributed by atoms with Gasteiger partial charge >= 0.3 is 0 Å². The van der Waals surface area contributed by atoms with E-state index in [1.54, 1.807) is 12.1 Å². The van der Waals surface area contributed by atoms with Crippen LogP contribution in [-0.2, 0) is 10.0 Å². The molecule has 1 fully saturated rings. The Kier molecular flexibility index (Phi) is 4.59. The molecule has 1 saturated heterocycles. The summed E-state index contributed by atoms with van der Waals surface area (Å²) in [6.07, 6.45) is 0. The molecule has 126 valence electrons. The first-order valence-corrected chi connectivity index (χ1v) is 9.57. The van der Waals surface area contributed by atoms with Crippen LogP contribution in [-0.4, -0.2) is 62.9 Å². The first-order chi connectivity index (χ1) is 11.0. The van der Waals surface area contributed by atoms with E-state index in [1.165, 1.54) is 4.31 Å². The molecule has 2 heterocycles. The molecule has 0 spiro atoms. The number of sulfonamides is 1. The zero-order valence-corrected chi connectivity index (χ0v) is 14.5. The smallest absolute Gasteiger partial charge is 0.266 e. The van der Waals surface area contributed by atoms with Crippen LogP contribution in [0, 0.1) is 0 Å². The first-order valence-electron chi connectivity index (χ1n) is 8.13. The fraction of sp³-hybridized carbons (Fsp3) is 0.562. The van der Waals surface area contributed by atoms with Gasteiger partial charge in [0.05, 0.1) is 18.0 Å². The number of aliphatic imine (C=N–C) groups is 1. The average molecular weight is 336 g/mol. The second-order valence-electron chi connectivity index (χ2n) is 6.22. The van der Waals surface area contributed by atoms with Crippen LogP contribution in [0.5, 0.6) is 0 Å². The first kappa shape index (κ1) is 16.3. The number of benzene rings is 1. The summed E-state index contributed by atoms with van der Waals surface area (Å²) in [6.45, 7) is 8.44. The highest BCUT2D eigenvalue weighted by Crippen LogP contribution is 2.23. The lowest BCUT2D eigenvalue weighted by Crippen LogP contribution is -2.52. The summed E-state index contributed by atoms with van der Waals surface area (Å²) in [5.41, 5.74) is 1.14. The summed E-state index contributed by atoms with van der Waals surface area (Å²) in [7, 11) is -3.54. The van der Waals surface area contributed by atoms with Crippen molar-refractivity contribution in [3.63, 3.8) is 0 Å². The Hall–Kier alpha value is -1.60. The SMILES string of the molecule is CC(C)c1ccc(S(=O)(=O)N2CCN=C2N2CCNCC2)cc1. The van der Waals surface area contributed by atoms with E-state index in [-0.39, 0.29) is 0 Å². The van der Waals surface area contributed by atoms with Gasteiger partial charge in [0.25, 0.3) is 10.0 Å². The third kappa shape index (κ3) is 3.21. The molecule has 3 rings (SSSR count). The van der Waals surface area contributed by atoms with E-state index in [0.717, 1.165) is 31.7 Å². The number of nitrogens with one attached hydrogen (secondary N) is 1. The molecule has 1 aromatic rings. The molecule has 7 heteroatoms. The van der Waals surface area contributed by atoms with Gasteiger partial charge in [-0.25, -0.2) is 12.7 Å². The van der Waals surface area contributed by atoms with Gasteiger partial charge in [0.15, 0.2) is 0 Å². The van der Waals surface area contributed by atoms with Crippen molar-refractivity contribution in [2.45, 2.75) is 24.7 Å². The molecule has 0 saturated carbocycles. The highest BCUT2D eigenvalue weighted by atomic mass is 32.2. The second kappa shape index (κ2) is 6.49. The Morgan fingerprint density at radius 3 is 2.35 bits per heavy atom. The molecule has 0 aromatic heterocycles. The molecule has 0 amide bonds. The summed E-state index contributed by atoms with van der Waals surface area (Å²) < 4.78 is 27.4. The summed E-state index contributed by atoms with van der Waals surface area (Å²) in [5, 5.41) is 3.28. The van der Waals surface area contributed by atoms with Gasteiger partial charge < -0.3 is 10.2 Å². The molecule has 1 N–H and O–H groups in total. The lowest BCUT2D eigenvalue weighted by Gasteiger charge is -2.33. The van der Waals surface area contributed by atoms with Crippen molar-refractivity contribution in [3.05, 3.63) is 29.8 Å². The average Bonchev–Trinajstić information content (AvgIpc) is 3.06. The summed E-state index contributed by atoms with van der Waals surface area (Å²) >= 11 is 0. The largest absolute Gasteiger partial charge is 0.339 e. The van der Waals surface area contributed by atoms with Gasteiger partial charge in [-0.05, 0) is 23.6 Å². The van der Waals surface area contributed by atoms with Crippen molar-refractivity contribution in [1.29, 1.82) is 0 Å². The maximum Gasteiger partial charge on any atom is 0.266 e. The predicted octanol–water partition coefficient (Wildman–Crippen LogP) is 1.08. The molecule has 0 unspecified atom stereocenters. The van der Waals surface area contributed by atoms with E-state index in [1.807, 2.05) is 12.1 Å². The lowest BCUT2D eigenvalue weighted by atomic mass is 10.0. The molecular weight excluding hydrogens is 312 g/mol. The van der Waals surface area contributed by atoms with Gasteiger partial charge in [-0.2, -0.15) is 0 Å². The Morgan fingerprint density at radius 2 is 1.74 bits per heavy atom. The topological polar surface area (TPSA) is 65.0 Å². The number of piperazine rings is 1. The van der Waals surface area contributed by atoms with E-state index in [2.05, 4.69) is 29.1 Å². The Morgan fingerprint density at radius 1 is 1.09 bits per heavy atom. The van der Waals surface area contributed by atoms with Crippen LogP contribution in [0.3, 0.4) is 0 Å². The molecular formula is C16H24N4O2S. The zero-order chi connectivity index (χ0) is 16.4. The summed E-state index contributed by atoms with van der Waals surface area (Å²) in [4.78, 5) is 6.84. The number of hydrogen-bond acceptors (Lipinski definition) is 5. The molecule has 1 aromatic carbocycles. The van der Waals surface area contributed by atoms with Crippen LogP contribution in [0.25, 0.3) is 0 Å². The number of rotatable bonds is 3. The molecule has 0 aliphatic carbocycles. The zero-order valence-electron chi connectivity index (χ0n) is 13.7. The van der Waals surface area contributed by atoms with Gasteiger partial charge in [-0.1, -0.05) is 26.0 Å². The fourth-order valence-electron chi connectivity index (χ4n) is 2.92. The van der Waals surface area contributed by atoms with Crippen LogP contribution >= 0.6 is 0 Å². The predicted molar refractivity (Wildman–Crippen MR) is 91.2 cm³/mol. The fourth-order valence-corrected chi connectivity index (χ4v) is 4.37. The lowest BCUT2D eigenvalue weighted by molar-refractivity contribution is 0.334. The van der Waals surface area contributed by atoms with Crippen molar-refractivity contribution < 1.29 is 8.42 Å². The molecule has 0 radical (unpaired) electrons. The molecule has 23 heavy (non-hydrogen) atoms. The van der Waals surface area contributed by atoms with Crippen LogP contribution < -0.4 is 5.32 Å². The Labute approximate surface area is 138 Å². The van der Waals surface area contributed by atoms with Gasteiger partial charge in [-0.3, -0.25) is 4.99 Å². The highest BCUT2D eigenvalue weighted by molar-refractivity contribution is 7.89. The summed E-state index contributed by atoms with van der Waals surface area (Å²) in [5.74, 6) is 0.982. The quantitative estimate of drug-likeness (QED) is 0.897. The third-order valence-corrected chi connectivity index (χ3v) is 6.11. The number of nitrogens with zero attached hydrogens (tertiary/aromatic N) is 3. The molecule has 2 aliphatic rings. The maximum atomic E-state index is 13.0. The maximum absolute atomic E-state index is 13.0. The van der Waals surface area contributed by atoms with E-state index < -0.39 is 10.0 Å². The molecule has 6 nitrogen and oxygen atoms in total. The minimum atomic E-state index is -3.54. The van der Waals surface area contributed by atoms with Gasteiger partial charge in [0, 0.05) is 26.2 Å². The van der Waals surface area contributed by atoms with Gasteiger partial charge in [-0.15, -0.1) is 0 Å². The van der Waals surface area contributed by atoms with Crippen molar-refractivity contribution >= 4 is 16.0 Å². The van der Waals surface area contributed by atoms with Crippen LogP contribution in [0.1, 0.15) is 25.3 Å². The van der Waals surface area contributed by atoms with Crippen molar-refractivity contribution in [2.75, 3.05) is 39.3 Å². The van der Waals surface area contributed by atoms with E-state index >= 15 is 0 Å². The van der Waals surface area contributed by atoms with Gasteiger partial charge in [0.2, 0.25) is 5.96 Å². The normalized spacial score (nSPS) is 19.3. The van der Waals surface area contributed by atoms with Crippen molar-refractivity contribution in [2.24, 2.45) is 4.99 Å². The monoisotopic (exact) mass is 336 g/mol. The Bertz CT molecular complexity index is 677. The third-order valence-electron chi connectivity index (χ3n) is 4.31. The molecule has 2 aliphatic heterocycles. The molecule has 0 atom stereocenters. The standard InChI is InChI=1S/C16H24N4O2S/c1-13(2)14-3-5-15(6-4-14)23(21,22)20-12-9-18-16(20)19-10-7-17-8-11-19/h3-6,13,17H,7-12H2,1-2H3.